The highest BCUT2D eigenvalue weighted by atomic mass is 15.3. The van der Waals surface area contributed by atoms with Gasteiger partial charge in [0.05, 0.1) is 11.2 Å². The summed E-state index contributed by atoms with van der Waals surface area (Å²) in [7, 11) is 0. The lowest BCUT2D eigenvalue weighted by Gasteiger charge is -2.56. The molecule has 3 heteroatoms. The molecule has 18 heavy (non-hydrogen) atoms. The lowest BCUT2D eigenvalue weighted by molar-refractivity contribution is -0.0495. The molecule has 1 aromatic rings. The third kappa shape index (κ3) is 1.56. The number of rotatable bonds is 3. The van der Waals surface area contributed by atoms with Crippen molar-refractivity contribution in [3.8, 4) is 0 Å². The summed E-state index contributed by atoms with van der Waals surface area (Å²) in [6.07, 6.45) is 11.8. The maximum Gasteiger partial charge on any atom is 0.0637 e. The summed E-state index contributed by atoms with van der Waals surface area (Å²) in [6, 6.07) is 2.17. The Morgan fingerprint density at radius 2 is 1.78 bits per heavy atom. The summed E-state index contributed by atoms with van der Waals surface area (Å²) in [5.41, 5.74) is 7.18. The molecule has 0 unspecified atom stereocenters. The van der Waals surface area contributed by atoms with Crippen molar-refractivity contribution in [2.75, 3.05) is 6.54 Å². The van der Waals surface area contributed by atoms with Crippen LogP contribution in [0.5, 0.6) is 0 Å². The van der Waals surface area contributed by atoms with Gasteiger partial charge in [0.15, 0.2) is 0 Å². The molecule has 0 aromatic carbocycles. The Morgan fingerprint density at radius 1 is 1.17 bits per heavy atom. The summed E-state index contributed by atoms with van der Waals surface area (Å²) in [5, 5.41) is 4.83. The average molecular weight is 245 g/mol. The van der Waals surface area contributed by atoms with Gasteiger partial charge in [-0.05, 0) is 68.9 Å². The van der Waals surface area contributed by atoms with E-state index in [1.54, 1.807) is 0 Å². The Labute approximate surface area is 109 Å². The molecule has 0 spiro atoms. The van der Waals surface area contributed by atoms with E-state index in [4.69, 9.17) is 10.8 Å². The summed E-state index contributed by atoms with van der Waals surface area (Å²) >= 11 is 0. The fraction of sp³-hybridized carbons (Fsp3) is 0.800. The summed E-state index contributed by atoms with van der Waals surface area (Å²) in [6.45, 7) is 0.706. The molecule has 0 atom stereocenters. The summed E-state index contributed by atoms with van der Waals surface area (Å²) < 4.78 is 2.32. The van der Waals surface area contributed by atoms with E-state index in [2.05, 4.69) is 16.9 Å². The molecule has 0 amide bonds. The first-order chi connectivity index (χ1) is 8.77. The van der Waals surface area contributed by atoms with Crippen LogP contribution in [-0.4, -0.2) is 16.3 Å². The highest BCUT2D eigenvalue weighted by Gasteiger charge is 2.52. The minimum absolute atomic E-state index is 0.377. The zero-order valence-corrected chi connectivity index (χ0v) is 11.0. The van der Waals surface area contributed by atoms with Crippen LogP contribution in [0.2, 0.25) is 0 Å². The average Bonchev–Trinajstić information content (AvgIpc) is 2.77. The first-order valence-electron chi connectivity index (χ1n) is 7.52. The smallest absolute Gasteiger partial charge is 0.0637 e. The van der Waals surface area contributed by atoms with Crippen molar-refractivity contribution in [2.24, 2.45) is 23.5 Å². The van der Waals surface area contributed by atoms with Crippen molar-refractivity contribution in [1.82, 2.24) is 9.78 Å². The number of nitrogens with two attached hydrogens (primary N) is 1. The van der Waals surface area contributed by atoms with E-state index in [1.807, 2.05) is 0 Å². The van der Waals surface area contributed by atoms with Gasteiger partial charge < -0.3 is 5.73 Å². The van der Waals surface area contributed by atoms with Crippen LogP contribution >= 0.6 is 0 Å². The first-order valence-corrected chi connectivity index (χ1v) is 7.52. The molecule has 5 rings (SSSR count). The standard InChI is InChI=1S/C15H23N3/c16-3-1-14-2-4-18(17-14)15-8-11-5-12(9-15)7-13(6-11)10-15/h2,4,11-13H,1,3,5-10,16H2. The predicted molar refractivity (Wildman–Crippen MR) is 71.1 cm³/mol. The summed E-state index contributed by atoms with van der Waals surface area (Å²) in [4.78, 5) is 0. The lowest BCUT2D eigenvalue weighted by Crippen LogP contribution is -2.52. The minimum atomic E-state index is 0.377. The molecular weight excluding hydrogens is 222 g/mol. The molecule has 4 bridgehead atoms. The summed E-state index contributed by atoms with van der Waals surface area (Å²) in [5.74, 6) is 2.95. The second-order valence-electron chi connectivity index (χ2n) is 6.93. The van der Waals surface area contributed by atoms with E-state index >= 15 is 0 Å². The molecule has 3 nitrogen and oxygen atoms in total. The second kappa shape index (κ2) is 3.83. The topological polar surface area (TPSA) is 43.8 Å². The minimum Gasteiger partial charge on any atom is -0.330 e. The molecule has 0 saturated heterocycles. The van der Waals surface area contributed by atoms with Gasteiger partial charge in [-0.15, -0.1) is 0 Å². The fourth-order valence-electron chi connectivity index (χ4n) is 5.25. The largest absolute Gasteiger partial charge is 0.330 e. The molecule has 4 aliphatic rings. The van der Waals surface area contributed by atoms with Crippen molar-refractivity contribution in [3.05, 3.63) is 18.0 Å². The van der Waals surface area contributed by atoms with Crippen LogP contribution in [0.1, 0.15) is 44.2 Å². The molecule has 98 valence electrons. The Kier molecular flexibility index (Phi) is 2.35. The Bertz CT molecular complexity index is 413. The van der Waals surface area contributed by atoms with Gasteiger partial charge in [-0.3, -0.25) is 4.68 Å². The predicted octanol–water partition coefficient (Wildman–Crippen LogP) is 2.31. The van der Waals surface area contributed by atoms with Gasteiger partial charge in [-0.25, -0.2) is 0 Å². The molecule has 1 heterocycles. The highest BCUT2D eigenvalue weighted by molar-refractivity contribution is 5.08. The van der Waals surface area contributed by atoms with Crippen LogP contribution in [0.3, 0.4) is 0 Å². The van der Waals surface area contributed by atoms with Crippen molar-refractivity contribution < 1.29 is 0 Å². The van der Waals surface area contributed by atoms with E-state index < -0.39 is 0 Å². The fourth-order valence-corrected chi connectivity index (χ4v) is 5.25. The monoisotopic (exact) mass is 245 g/mol. The maximum atomic E-state index is 5.63. The third-order valence-corrected chi connectivity index (χ3v) is 5.54. The van der Waals surface area contributed by atoms with Crippen LogP contribution in [0, 0.1) is 17.8 Å². The molecule has 0 aliphatic heterocycles. The third-order valence-electron chi connectivity index (χ3n) is 5.54. The maximum absolute atomic E-state index is 5.63. The van der Waals surface area contributed by atoms with Crippen LogP contribution in [0.15, 0.2) is 12.3 Å². The van der Waals surface area contributed by atoms with Crippen LogP contribution < -0.4 is 5.73 Å². The van der Waals surface area contributed by atoms with E-state index in [-0.39, 0.29) is 0 Å². The van der Waals surface area contributed by atoms with Crippen LogP contribution in [0.4, 0.5) is 0 Å². The van der Waals surface area contributed by atoms with E-state index in [1.165, 1.54) is 44.2 Å². The Hall–Kier alpha value is -0.830. The quantitative estimate of drug-likeness (QED) is 0.888. The van der Waals surface area contributed by atoms with Gasteiger partial charge in [0.25, 0.3) is 0 Å². The molecular formula is C15H23N3. The molecule has 4 fully saturated rings. The van der Waals surface area contributed by atoms with E-state index in [0.29, 0.717) is 12.1 Å². The zero-order chi connectivity index (χ0) is 12.2. The van der Waals surface area contributed by atoms with Gasteiger partial charge in [0, 0.05) is 12.6 Å². The van der Waals surface area contributed by atoms with Crippen molar-refractivity contribution >= 4 is 0 Å². The number of hydrogen-bond acceptors (Lipinski definition) is 2. The lowest BCUT2D eigenvalue weighted by atomic mass is 9.53. The van der Waals surface area contributed by atoms with Crippen molar-refractivity contribution in [2.45, 2.75) is 50.5 Å². The van der Waals surface area contributed by atoms with Crippen molar-refractivity contribution in [3.63, 3.8) is 0 Å². The zero-order valence-electron chi connectivity index (χ0n) is 11.0. The van der Waals surface area contributed by atoms with Crippen LogP contribution in [0.25, 0.3) is 0 Å². The SMILES string of the molecule is NCCc1ccn(C23CC4CC(CC(C4)C2)C3)n1. The molecule has 0 radical (unpaired) electrons. The van der Waals surface area contributed by atoms with E-state index in [9.17, 15) is 0 Å². The van der Waals surface area contributed by atoms with Gasteiger partial charge in [-0.2, -0.15) is 5.10 Å². The first kappa shape index (κ1) is 11.0. The Morgan fingerprint density at radius 3 is 2.33 bits per heavy atom. The molecule has 4 saturated carbocycles. The van der Waals surface area contributed by atoms with E-state index in [0.717, 1.165) is 24.2 Å². The van der Waals surface area contributed by atoms with Gasteiger partial charge in [0.2, 0.25) is 0 Å². The normalized spacial score (nSPS) is 41.5. The second-order valence-corrected chi connectivity index (χ2v) is 6.93. The van der Waals surface area contributed by atoms with Gasteiger partial charge in [-0.1, -0.05) is 0 Å². The van der Waals surface area contributed by atoms with Crippen LogP contribution in [-0.2, 0) is 12.0 Å². The number of aromatic nitrogens is 2. The molecule has 2 N–H and O–H groups in total. The number of hydrogen-bond donors (Lipinski definition) is 1. The van der Waals surface area contributed by atoms with Crippen molar-refractivity contribution in [1.29, 1.82) is 0 Å². The molecule has 1 aromatic heterocycles. The van der Waals surface area contributed by atoms with Gasteiger partial charge >= 0.3 is 0 Å². The number of nitrogens with zero attached hydrogens (tertiary/aromatic N) is 2. The van der Waals surface area contributed by atoms with Gasteiger partial charge in [0.1, 0.15) is 0 Å². The Balaban J connectivity index is 1.66. The highest BCUT2D eigenvalue weighted by Crippen LogP contribution is 2.58. The molecule has 4 aliphatic carbocycles.